The molecule has 0 unspecified atom stereocenters. The topological polar surface area (TPSA) is 0 Å². The van der Waals surface area contributed by atoms with Gasteiger partial charge >= 0.3 is 0 Å². The van der Waals surface area contributed by atoms with E-state index in [1.54, 1.807) is 6.07 Å². The molecule has 0 spiro atoms. The van der Waals surface area contributed by atoms with Crippen LogP contribution >= 0.6 is 0 Å². The molecule has 0 fully saturated rings. The van der Waals surface area contributed by atoms with E-state index >= 15 is 0 Å². The Balaban J connectivity index is 2.66. The summed E-state index contributed by atoms with van der Waals surface area (Å²) in [6.45, 7) is 0. The molecule has 0 aliphatic rings. The fourth-order valence-electron chi connectivity index (χ4n) is 1.25. The first-order valence-electron chi connectivity index (χ1n) is 3.92. The quantitative estimate of drug-likeness (QED) is 0.532. The standard InChI is InChI=1S/C12H6F/c13-8-7-10-5-6-11-3-1-2-4-12(11)9-10/h1-2,4-6,9H. The second-order valence-corrected chi connectivity index (χ2v) is 2.69. The number of halogens is 1. The first-order valence-corrected chi connectivity index (χ1v) is 3.92. The maximum atomic E-state index is 11.7. The van der Waals surface area contributed by atoms with Gasteiger partial charge in [0, 0.05) is 5.56 Å². The van der Waals surface area contributed by atoms with Crippen molar-refractivity contribution in [2.45, 2.75) is 0 Å². The lowest BCUT2D eigenvalue weighted by molar-refractivity contribution is 0.774. The molecular formula is C12H6F. The molecule has 1 radical (unpaired) electrons. The predicted molar refractivity (Wildman–Crippen MR) is 50.8 cm³/mol. The maximum absolute atomic E-state index is 11.7. The molecule has 0 N–H and O–H groups in total. The second kappa shape index (κ2) is 3.28. The van der Waals surface area contributed by atoms with E-state index in [-0.39, 0.29) is 0 Å². The lowest BCUT2D eigenvalue weighted by atomic mass is 10.1. The summed E-state index contributed by atoms with van der Waals surface area (Å²) in [6, 6.07) is 14.3. The van der Waals surface area contributed by atoms with E-state index in [2.05, 4.69) is 12.0 Å². The molecule has 2 aromatic carbocycles. The fourth-order valence-corrected chi connectivity index (χ4v) is 1.25. The summed E-state index contributed by atoms with van der Waals surface area (Å²) in [5.74, 6) is 2.37. The summed E-state index contributed by atoms with van der Waals surface area (Å²) in [6.07, 6.45) is 1.39. The minimum atomic E-state index is 0.689. The highest BCUT2D eigenvalue weighted by Gasteiger charge is 1.92. The molecule has 1 heteroatoms. The average molecular weight is 169 g/mol. The van der Waals surface area contributed by atoms with Gasteiger partial charge in [0.2, 0.25) is 0 Å². The Morgan fingerprint density at radius 3 is 3.00 bits per heavy atom. The van der Waals surface area contributed by atoms with Crippen molar-refractivity contribution in [1.29, 1.82) is 0 Å². The van der Waals surface area contributed by atoms with E-state index in [0.717, 1.165) is 10.8 Å². The van der Waals surface area contributed by atoms with E-state index in [4.69, 9.17) is 0 Å². The Bertz CT molecular complexity index is 489. The van der Waals surface area contributed by atoms with Gasteiger partial charge in [-0.1, -0.05) is 24.3 Å². The van der Waals surface area contributed by atoms with Crippen LogP contribution < -0.4 is 0 Å². The molecule has 13 heavy (non-hydrogen) atoms. The maximum Gasteiger partial charge on any atom is 0.111 e. The third-order valence-electron chi connectivity index (χ3n) is 1.85. The monoisotopic (exact) mass is 169 g/mol. The van der Waals surface area contributed by atoms with Crippen LogP contribution in [0.3, 0.4) is 0 Å². The molecule has 0 saturated carbocycles. The van der Waals surface area contributed by atoms with E-state index < -0.39 is 0 Å². The number of fused-ring (bicyclic) bond motifs is 1. The van der Waals surface area contributed by atoms with Gasteiger partial charge in [0.1, 0.15) is 6.17 Å². The molecule has 0 heterocycles. The van der Waals surface area contributed by atoms with Gasteiger partial charge in [0.15, 0.2) is 0 Å². The first-order chi connectivity index (χ1) is 6.40. The zero-order valence-electron chi connectivity index (χ0n) is 6.84. The molecule has 2 aromatic rings. The third-order valence-corrected chi connectivity index (χ3v) is 1.85. The smallest absolute Gasteiger partial charge is 0.111 e. The van der Waals surface area contributed by atoms with Crippen molar-refractivity contribution in [2.24, 2.45) is 0 Å². The number of rotatable bonds is 0. The van der Waals surface area contributed by atoms with Crippen LogP contribution in [0.25, 0.3) is 10.8 Å². The van der Waals surface area contributed by atoms with Gasteiger partial charge in [-0.05, 0) is 34.9 Å². The van der Waals surface area contributed by atoms with Crippen LogP contribution in [0.1, 0.15) is 5.56 Å². The van der Waals surface area contributed by atoms with Gasteiger partial charge in [0.25, 0.3) is 0 Å². The largest absolute Gasteiger partial charge is 0.144 e. The van der Waals surface area contributed by atoms with Gasteiger partial charge in [-0.2, -0.15) is 0 Å². The Morgan fingerprint density at radius 1 is 1.23 bits per heavy atom. The van der Waals surface area contributed by atoms with Crippen molar-refractivity contribution in [2.75, 3.05) is 0 Å². The normalized spacial score (nSPS) is 9.31. The molecule has 61 valence electrons. The van der Waals surface area contributed by atoms with Crippen molar-refractivity contribution in [1.82, 2.24) is 0 Å². The number of hydrogen-bond donors (Lipinski definition) is 0. The van der Waals surface area contributed by atoms with Crippen molar-refractivity contribution in [3.8, 4) is 12.1 Å². The summed E-state index contributed by atoms with van der Waals surface area (Å²) in [7, 11) is 0. The molecule has 0 bridgehead atoms. The zero-order valence-corrected chi connectivity index (χ0v) is 6.84. The van der Waals surface area contributed by atoms with Crippen molar-refractivity contribution < 1.29 is 4.39 Å². The van der Waals surface area contributed by atoms with Crippen LogP contribution in [0.2, 0.25) is 0 Å². The Morgan fingerprint density at radius 2 is 2.15 bits per heavy atom. The number of benzene rings is 2. The van der Waals surface area contributed by atoms with Gasteiger partial charge in [0.05, 0.1) is 0 Å². The number of hydrogen-bond acceptors (Lipinski definition) is 0. The second-order valence-electron chi connectivity index (χ2n) is 2.69. The van der Waals surface area contributed by atoms with E-state index in [1.807, 2.05) is 30.3 Å². The van der Waals surface area contributed by atoms with Crippen LogP contribution in [-0.4, -0.2) is 0 Å². The lowest BCUT2D eigenvalue weighted by Gasteiger charge is -1.95. The zero-order chi connectivity index (χ0) is 9.10. The van der Waals surface area contributed by atoms with E-state index in [0.29, 0.717) is 5.56 Å². The molecule has 0 amide bonds. The molecule has 0 nitrogen and oxygen atoms in total. The van der Waals surface area contributed by atoms with Crippen molar-refractivity contribution >= 4 is 10.8 Å². The predicted octanol–water partition coefficient (Wildman–Crippen LogP) is 2.92. The van der Waals surface area contributed by atoms with Crippen LogP contribution in [0, 0.1) is 18.2 Å². The summed E-state index contributed by atoms with van der Waals surface area (Å²) < 4.78 is 11.7. The highest BCUT2D eigenvalue weighted by Crippen LogP contribution is 2.14. The lowest BCUT2D eigenvalue weighted by Crippen LogP contribution is -1.75. The van der Waals surface area contributed by atoms with E-state index in [1.165, 1.54) is 6.17 Å². The van der Waals surface area contributed by atoms with Gasteiger partial charge in [-0.3, -0.25) is 0 Å². The average Bonchev–Trinajstić information content (AvgIpc) is 2.18. The SMILES string of the molecule is FC#Cc1ccc2[c]cccc2c1. The molecule has 0 aromatic heterocycles. The minimum absolute atomic E-state index is 0.689. The highest BCUT2D eigenvalue weighted by atomic mass is 19.1. The fraction of sp³-hybridized carbons (Fsp3) is 0. The summed E-state index contributed by atoms with van der Waals surface area (Å²) in [4.78, 5) is 0. The first kappa shape index (κ1) is 7.82. The van der Waals surface area contributed by atoms with Crippen molar-refractivity contribution in [3.05, 3.63) is 48.0 Å². The van der Waals surface area contributed by atoms with Gasteiger partial charge < -0.3 is 0 Å². The highest BCUT2D eigenvalue weighted by molar-refractivity contribution is 5.83. The Hall–Kier alpha value is -1.81. The molecule has 0 atom stereocenters. The van der Waals surface area contributed by atoms with Crippen LogP contribution in [0.5, 0.6) is 0 Å². The third kappa shape index (κ3) is 1.52. The summed E-state index contributed by atoms with van der Waals surface area (Å²) >= 11 is 0. The molecule has 0 aliphatic carbocycles. The van der Waals surface area contributed by atoms with Gasteiger partial charge in [-0.15, -0.1) is 4.39 Å². The van der Waals surface area contributed by atoms with Crippen LogP contribution in [0.15, 0.2) is 36.4 Å². The Labute approximate surface area is 76.0 Å². The molecule has 0 saturated heterocycles. The molecular weight excluding hydrogens is 163 g/mol. The molecule has 2 rings (SSSR count). The Kier molecular flexibility index (Phi) is 1.97. The van der Waals surface area contributed by atoms with Crippen LogP contribution in [0.4, 0.5) is 4.39 Å². The van der Waals surface area contributed by atoms with Gasteiger partial charge in [-0.25, -0.2) is 0 Å². The molecule has 0 aliphatic heterocycles. The van der Waals surface area contributed by atoms with Crippen molar-refractivity contribution in [3.63, 3.8) is 0 Å². The van der Waals surface area contributed by atoms with Crippen LogP contribution in [-0.2, 0) is 0 Å². The summed E-state index contributed by atoms with van der Waals surface area (Å²) in [5.41, 5.74) is 0.689. The summed E-state index contributed by atoms with van der Waals surface area (Å²) in [5, 5.41) is 2.05. The minimum Gasteiger partial charge on any atom is -0.144 e. The van der Waals surface area contributed by atoms with E-state index in [9.17, 15) is 4.39 Å².